The molecule has 1 aliphatic carbocycles. The Hall–Kier alpha value is -3.94. The molecule has 206 valence electrons. The van der Waals surface area contributed by atoms with E-state index in [0.29, 0.717) is 18.1 Å². The predicted octanol–water partition coefficient (Wildman–Crippen LogP) is 2.73. The van der Waals surface area contributed by atoms with E-state index in [-0.39, 0.29) is 48.5 Å². The zero-order valence-electron chi connectivity index (χ0n) is 20.8. The molecule has 38 heavy (non-hydrogen) atoms. The summed E-state index contributed by atoms with van der Waals surface area (Å²) < 4.78 is 46.5. The highest BCUT2D eigenvalue weighted by molar-refractivity contribution is 5.97. The van der Waals surface area contributed by atoms with Crippen LogP contribution < -0.4 is 15.2 Å². The van der Waals surface area contributed by atoms with Crippen molar-refractivity contribution in [3.8, 4) is 23.0 Å². The Balaban J connectivity index is 1.64. The Morgan fingerprint density at radius 2 is 1.97 bits per heavy atom. The number of alkyl halides is 2. The lowest BCUT2D eigenvalue weighted by Crippen LogP contribution is -2.59. The lowest BCUT2D eigenvalue weighted by Gasteiger charge is -2.38. The van der Waals surface area contributed by atoms with Gasteiger partial charge in [0.15, 0.2) is 23.0 Å². The molecule has 2 fully saturated rings. The summed E-state index contributed by atoms with van der Waals surface area (Å²) in [6.45, 7) is -1.48. The Labute approximate surface area is 216 Å². The minimum absolute atomic E-state index is 0.0119. The standard InChI is InChI=1S/C24H28F2N4O8/c1-12(27)19-18(21(31)30-8-7-29(24(34)35-2)10-15(30)22(32)33)28-20(38-19)14-5-6-16(37-23(25)26)17(9-14)36-11-13-3-4-13/h5-6,9,12-13,15,23H,3-4,7-8,10-11,27H2,1-2H3,(H,32,33)/t12-,15?/m0/s1. The van der Waals surface area contributed by atoms with Crippen LogP contribution in [0.25, 0.3) is 11.5 Å². The first-order valence-corrected chi connectivity index (χ1v) is 11.9. The molecule has 2 heterocycles. The number of oxazole rings is 1. The Morgan fingerprint density at radius 3 is 2.58 bits per heavy atom. The van der Waals surface area contributed by atoms with E-state index < -0.39 is 36.7 Å². The number of carbonyl (C=O) groups excluding carboxylic acids is 2. The molecule has 1 aliphatic heterocycles. The van der Waals surface area contributed by atoms with Crippen molar-refractivity contribution in [2.75, 3.05) is 33.4 Å². The molecular weight excluding hydrogens is 510 g/mol. The number of ether oxygens (including phenoxy) is 3. The Kier molecular flexibility index (Phi) is 7.99. The van der Waals surface area contributed by atoms with Crippen molar-refractivity contribution in [2.24, 2.45) is 11.7 Å². The van der Waals surface area contributed by atoms with Crippen LogP contribution in [0.15, 0.2) is 22.6 Å². The fraction of sp³-hybridized carbons (Fsp3) is 0.500. The number of halogens is 2. The fourth-order valence-corrected chi connectivity index (χ4v) is 4.02. The third-order valence-electron chi connectivity index (χ3n) is 6.21. The van der Waals surface area contributed by atoms with Gasteiger partial charge >= 0.3 is 18.7 Å². The molecule has 12 nitrogen and oxygen atoms in total. The second-order valence-electron chi connectivity index (χ2n) is 9.08. The van der Waals surface area contributed by atoms with Crippen LogP contribution in [0.2, 0.25) is 0 Å². The normalized spacial score (nSPS) is 18.3. The van der Waals surface area contributed by atoms with Gasteiger partial charge in [0.1, 0.15) is 6.04 Å². The molecule has 2 aliphatic rings. The van der Waals surface area contributed by atoms with E-state index >= 15 is 0 Å². The average Bonchev–Trinajstić information content (AvgIpc) is 3.61. The van der Waals surface area contributed by atoms with Crippen LogP contribution in [0.3, 0.4) is 0 Å². The van der Waals surface area contributed by atoms with Gasteiger partial charge in [0, 0.05) is 18.7 Å². The molecule has 1 aromatic carbocycles. The topological polar surface area (TPSA) is 158 Å². The lowest BCUT2D eigenvalue weighted by atomic mass is 10.1. The second kappa shape index (κ2) is 11.2. The highest BCUT2D eigenvalue weighted by Crippen LogP contribution is 2.37. The molecule has 0 radical (unpaired) electrons. The van der Waals surface area contributed by atoms with Crippen molar-refractivity contribution in [1.82, 2.24) is 14.8 Å². The number of aliphatic carboxylic acids is 1. The van der Waals surface area contributed by atoms with Crippen molar-refractivity contribution < 1.29 is 46.9 Å². The van der Waals surface area contributed by atoms with E-state index in [4.69, 9.17) is 14.9 Å². The molecule has 0 spiro atoms. The van der Waals surface area contributed by atoms with Crippen LogP contribution in [-0.2, 0) is 9.53 Å². The highest BCUT2D eigenvalue weighted by Gasteiger charge is 2.40. The van der Waals surface area contributed by atoms with E-state index in [1.165, 1.54) is 30.2 Å². The monoisotopic (exact) mass is 538 g/mol. The van der Waals surface area contributed by atoms with Crippen LogP contribution >= 0.6 is 0 Å². The zero-order chi connectivity index (χ0) is 27.6. The number of nitrogens with two attached hydrogens (primary N) is 1. The molecule has 2 aromatic rings. The minimum Gasteiger partial charge on any atom is -0.489 e. The van der Waals surface area contributed by atoms with Gasteiger partial charge in [-0.15, -0.1) is 0 Å². The maximum Gasteiger partial charge on any atom is 0.409 e. The molecule has 0 bridgehead atoms. The lowest BCUT2D eigenvalue weighted by molar-refractivity contribution is -0.144. The Morgan fingerprint density at radius 1 is 1.24 bits per heavy atom. The zero-order valence-corrected chi connectivity index (χ0v) is 20.8. The minimum atomic E-state index is -3.05. The molecule has 2 atom stereocenters. The first kappa shape index (κ1) is 27.1. The Bertz CT molecular complexity index is 1200. The van der Waals surface area contributed by atoms with E-state index in [0.717, 1.165) is 17.7 Å². The number of nitrogens with zero attached hydrogens (tertiary/aromatic N) is 3. The van der Waals surface area contributed by atoms with Gasteiger partial charge < -0.3 is 39.3 Å². The SMILES string of the molecule is COC(=O)N1CCN(C(=O)c2nc(-c3ccc(OC(F)F)c(OCC4CC4)c3)oc2[C@H](C)N)C(C(=O)O)C1. The first-order chi connectivity index (χ1) is 18.1. The summed E-state index contributed by atoms with van der Waals surface area (Å²) in [4.78, 5) is 43.9. The number of hydrogen-bond donors (Lipinski definition) is 2. The third-order valence-corrected chi connectivity index (χ3v) is 6.21. The number of benzene rings is 1. The molecular formula is C24H28F2N4O8. The van der Waals surface area contributed by atoms with E-state index in [1.54, 1.807) is 6.92 Å². The molecule has 1 saturated heterocycles. The van der Waals surface area contributed by atoms with Gasteiger partial charge in [-0.05, 0) is 43.9 Å². The number of carboxylic acid groups (broad SMARTS) is 1. The number of aromatic nitrogens is 1. The summed E-state index contributed by atoms with van der Waals surface area (Å²) in [5.74, 6) is -1.84. The number of piperazine rings is 1. The number of amides is 2. The molecule has 3 N–H and O–H groups in total. The molecule has 1 saturated carbocycles. The van der Waals surface area contributed by atoms with Gasteiger partial charge in [-0.1, -0.05) is 0 Å². The summed E-state index contributed by atoms with van der Waals surface area (Å²) in [6, 6.07) is 1.97. The van der Waals surface area contributed by atoms with Gasteiger partial charge in [-0.3, -0.25) is 4.79 Å². The molecule has 14 heteroatoms. The first-order valence-electron chi connectivity index (χ1n) is 11.9. The van der Waals surface area contributed by atoms with Crippen molar-refractivity contribution >= 4 is 18.0 Å². The summed E-state index contributed by atoms with van der Waals surface area (Å²) in [6.07, 6.45) is 1.26. The van der Waals surface area contributed by atoms with Crippen molar-refractivity contribution in [3.63, 3.8) is 0 Å². The summed E-state index contributed by atoms with van der Waals surface area (Å²) >= 11 is 0. The largest absolute Gasteiger partial charge is 0.489 e. The van der Waals surface area contributed by atoms with Crippen LogP contribution in [0.4, 0.5) is 13.6 Å². The second-order valence-corrected chi connectivity index (χ2v) is 9.08. The number of carbonyl (C=O) groups is 3. The van der Waals surface area contributed by atoms with Crippen molar-refractivity contribution in [2.45, 2.75) is 38.5 Å². The molecule has 4 rings (SSSR count). The fourth-order valence-electron chi connectivity index (χ4n) is 4.02. The predicted molar refractivity (Wildman–Crippen MR) is 126 cm³/mol. The molecule has 2 amide bonds. The van der Waals surface area contributed by atoms with Crippen molar-refractivity contribution in [1.29, 1.82) is 0 Å². The quantitative estimate of drug-likeness (QED) is 0.486. The van der Waals surface area contributed by atoms with Crippen LogP contribution in [0, 0.1) is 5.92 Å². The van der Waals surface area contributed by atoms with Gasteiger partial charge in [0.2, 0.25) is 5.89 Å². The number of hydrogen-bond acceptors (Lipinski definition) is 9. The van der Waals surface area contributed by atoms with Gasteiger partial charge in [-0.2, -0.15) is 8.78 Å². The summed E-state index contributed by atoms with van der Waals surface area (Å²) in [5.41, 5.74) is 6.14. The average molecular weight is 539 g/mol. The number of methoxy groups -OCH3 is 1. The van der Waals surface area contributed by atoms with Gasteiger partial charge in [0.05, 0.1) is 26.3 Å². The number of carboxylic acids is 1. The van der Waals surface area contributed by atoms with E-state index in [9.17, 15) is 28.3 Å². The highest BCUT2D eigenvalue weighted by atomic mass is 19.3. The summed E-state index contributed by atoms with van der Waals surface area (Å²) in [7, 11) is 1.18. The van der Waals surface area contributed by atoms with Gasteiger partial charge in [0.25, 0.3) is 5.91 Å². The number of rotatable bonds is 9. The maximum absolute atomic E-state index is 13.5. The molecule has 1 unspecified atom stereocenters. The van der Waals surface area contributed by atoms with Crippen molar-refractivity contribution in [3.05, 3.63) is 29.7 Å². The van der Waals surface area contributed by atoms with E-state index in [1.807, 2.05) is 0 Å². The third kappa shape index (κ3) is 5.96. The van der Waals surface area contributed by atoms with Crippen LogP contribution in [0.1, 0.15) is 42.1 Å². The van der Waals surface area contributed by atoms with Crippen LogP contribution in [0.5, 0.6) is 11.5 Å². The van der Waals surface area contributed by atoms with Crippen LogP contribution in [-0.4, -0.2) is 83.9 Å². The smallest absolute Gasteiger partial charge is 0.409 e. The van der Waals surface area contributed by atoms with Gasteiger partial charge in [-0.25, -0.2) is 14.6 Å². The van der Waals surface area contributed by atoms with E-state index in [2.05, 4.69) is 14.5 Å². The molecule has 1 aromatic heterocycles. The maximum atomic E-state index is 13.5. The summed E-state index contributed by atoms with van der Waals surface area (Å²) in [5, 5.41) is 9.73.